The molecule has 0 radical (unpaired) electrons. The lowest BCUT2D eigenvalue weighted by Gasteiger charge is -2.19. The molecule has 7 nitrogen and oxygen atoms in total. The monoisotopic (exact) mass is 474 g/mol. The fraction of sp³-hybridized carbons (Fsp3) is 0.231. The third-order valence-electron chi connectivity index (χ3n) is 6.23. The van der Waals surface area contributed by atoms with Gasteiger partial charge in [0.1, 0.15) is 0 Å². The molecule has 2 heterocycles. The maximum Gasteiger partial charge on any atom is 0.256 e. The summed E-state index contributed by atoms with van der Waals surface area (Å²) in [6.45, 7) is 6.66. The van der Waals surface area contributed by atoms with Gasteiger partial charge in [0.15, 0.2) is 5.82 Å². The largest absolute Gasteiger partial charge is 0.305 e. The number of nitrogens with one attached hydrogen (secondary N) is 2. The average molecular weight is 475 g/mol. The number of carbonyl (C=O) groups is 1. The van der Waals surface area contributed by atoms with Crippen LogP contribution in [0.5, 0.6) is 0 Å². The number of fused-ring (bicyclic) bond motifs is 2. The first-order valence-corrected chi connectivity index (χ1v) is 12.5. The van der Waals surface area contributed by atoms with Crippen molar-refractivity contribution in [2.75, 3.05) is 5.32 Å². The van der Waals surface area contributed by atoms with Gasteiger partial charge >= 0.3 is 0 Å². The highest BCUT2D eigenvalue weighted by atomic mass is 32.2. The lowest BCUT2D eigenvalue weighted by atomic mass is 9.87. The summed E-state index contributed by atoms with van der Waals surface area (Å²) in [6.07, 6.45) is 0. The van der Waals surface area contributed by atoms with E-state index in [0.29, 0.717) is 28.0 Å². The number of nitrogens with zero attached hydrogens (tertiary/aromatic N) is 2. The molecule has 0 unspecified atom stereocenters. The third kappa shape index (κ3) is 3.89. The Morgan fingerprint density at radius 3 is 2.41 bits per heavy atom. The second-order valence-corrected chi connectivity index (χ2v) is 11.5. The Hall–Kier alpha value is -3.49. The fourth-order valence-electron chi connectivity index (χ4n) is 4.25. The van der Waals surface area contributed by atoms with E-state index in [9.17, 15) is 13.2 Å². The van der Waals surface area contributed by atoms with Crippen molar-refractivity contribution in [2.45, 2.75) is 44.2 Å². The van der Waals surface area contributed by atoms with Crippen LogP contribution in [0.1, 0.15) is 48.0 Å². The number of aromatic nitrogens is 2. The van der Waals surface area contributed by atoms with Crippen molar-refractivity contribution in [3.05, 3.63) is 89.1 Å². The van der Waals surface area contributed by atoms with Gasteiger partial charge in [-0.05, 0) is 34.6 Å². The van der Waals surface area contributed by atoms with Crippen LogP contribution in [0.25, 0.3) is 10.8 Å². The first-order chi connectivity index (χ1) is 16.1. The number of carbonyl (C=O) groups excluding carboxylic acids is 1. The standard InChI is InChI=1S/C26H26N4O3S/c1-26(2,3)19-13-11-18(12-14-19)25(31)27-24-21-15-30(16-22(21)28-29-24)34(32,33)23-10-6-8-17-7-4-5-9-20(17)23/h4-14H,15-16H2,1-3H3,(H2,27,28,29,31). The molecule has 0 fully saturated rings. The average Bonchev–Trinajstić information content (AvgIpc) is 3.41. The molecule has 0 bridgehead atoms. The van der Waals surface area contributed by atoms with Crippen molar-refractivity contribution in [3.8, 4) is 0 Å². The van der Waals surface area contributed by atoms with Crippen molar-refractivity contribution >= 4 is 32.5 Å². The Bertz CT molecular complexity index is 1490. The zero-order valence-corrected chi connectivity index (χ0v) is 20.1. The summed E-state index contributed by atoms with van der Waals surface area (Å²) in [5.74, 6) is 0.0700. The zero-order valence-electron chi connectivity index (χ0n) is 19.3. The summed E-state index contributed by atoms with van der Waals surface area (Å²) in [6, 6.07) is 20.2. The van der Waals surface area contributed by atoms with E-state index >= 15 is 0 Å². The van der Waals surface area contributed by atoms with Crippen LogP contribution < -0.4 is 5.32 Å². The van der Waals surface area contributed by atoms with E-state index in [1.807, 2.05) is 42.5 Å². The minimum Gasteiger partial charge on any atom is -0.305 e. The molecule has 0 aliphatic carbocycles. The maximum atomic E-state index is 13.5. The molecule has 5 rings (SSSR count). The van der Waals surface area contributed by atoms with E-state index in [0.717, 1.165) is 10.9 Å². The predicted octanol–water partition coefficient (Wildman–Crippen LogP) is 4.82. The van der Waals surface area contributed by atoms with Crippen LogP contribution in [0.2, 0.25) is 0 Å². The van der Waals surface area contributed by atoms with E-state index in [-0.39, 0.29) is 29.3 Å². The van der Waals surface area contributed by atoms with Crippen molar-refractivity contribution in [1.29, 1.82) is 0 Å². The van der Waals surface area contributed by atoms with Gasteiger partial charge in [0, 0.05) is 23.1 Å². The number of aromatic amines is 1. The molecule has 3 aromatic carbocycles. The molecule has 1 aliphatic heterocycles. The van der Waals surface area contributed by atoms with Gasteiger partial charge in [-0.15, -0.1) is 0 Å². The second kappa shape index (κ2) is 8.07. The molecule has 0 atom stereocenters. The number of hydrogen-bond donors (Lipinski definition) is 2. The van der Waals surface area contributed by atoms with Gasteiger partial charge in [-0.2, -0.15) is 9.40 Å². The first-order valence-electron chi connectivity index (χ1n) is 11.1. The molecule has 2 N–H and O–H groups in total. The van der Waals surface area contributed by atoms with Gasteiger partial charge in [0.25, 0.3) is 5.91 Å². The number of H-pyrrole nitrogens is 1. The summed E-state index contributed by atoms with van der Waals surface area (Å²) in [5, 5.41) is 11.5. The summed E-state index contributed by atoms with van der Waals surface area (Å²) >= 11 is 0. The van der Waals surface area contributed by atoms with Crippen LogP contribution in [-0.2, 0) is 28.5 Å². The lowest BCUT2D eigenvalue weighted by molar-refractivity contribution is 0.102. The van der Waals surface area contributed by atoms with E-state index in [2.05, 4.69) is 36.3 Å². The van der Waals surface area contributed by atoms with Crippen LogP contribution in [0.15, 0.2) is 71.6 Å². The Morgan fingerprint density at radius 1 is 0.971 bits per heavy atom. The van der Waals surface area contributed by atoms with Gasteiger partial charge in [0.05, 0.1) is 17.1 Å². The molecule has 0 saturated heterocycles. The van der Waals surface area contributed by atoms with Crippen LogP contribution in [0.3, 0.4) is 0 Å². The van der Waals surface area contributed by atoms with Crippen LogP contribution in [-0.4, -0.2) is 28.8 Å². The highest BCUT2D eigenvalue weighted by Gasteiger charge is 2.35. The summed E-state index contributed by atoms with van der Waals surface area (Å²) in [4.78, 5) is 13.1. The lowest BCUT2D eigenvalue weighted by Crippen LogP contribution is -2.26. The Balaban J connectivity index is 1.37. The Labute approximate surface area is 198 Å². The first kappa shape index (κ1) is 22.3. The van der Waals surface area contributed by atoms with Gasteiger partial charge < -0.3 is 5.32 Å². The molecule has 1 aliphatic rings. The fourth-order valence-corrected chi connectivity index (χ4v) is 5.84. The topological polar surface area (TPSA) is 95.2 Å². The highest BCUT2D eigenvalue weighted by Crippen LogP contribution is 2.34. The van der Waals surface area contributed by atoms with Crippen molar-refractivity contribution in [2.24, 2.45) is 0 Å². The summed E-state index contributed by atoms with van der Waals surface area (Å²) in [7, 11) is -3.75. The van der Waals surface area contributed by atoms with Gasteiger partial charge in [0.2, 0.25) is 10.0 Å². The molecule has 34 heavy (non-hydrogen) atoms. The molecule has 174 valence electrons. The van der Waals surface area contributed by atoms with E-state index in [1.54, 1.807) is 24.3 Å². The SMILES string of the molecule is CC(C)(C)c1ccc(C(=O)Nc2n[nH]c3c2CN(S(=O)(=O)c2cccc4ccccc24)C3)cc1. The number of sulfonamides is 1. The van der Waals surface area contributed by atoms with E-state index in [4.69, 9.17) is 0 Å². The normalized spacial score (nSPS) is 14.3. The van der Waals surface area contributed by atoms with Gasteiger partial charge in [-0.25, -0.2) is 8.42 Å². The smallest absolute Gasteiger partial charge is 0.256 e. The molecule has 0 spiro atoms. The highest BCUT2D eigenvalue weighted by molar-refractivity contribution is 7.89. The van der Waals surface area contributed by atoms with Crippen molar-refractivity contribution in [1.82, 2.24) is 14.5 Å². The van der Waals surface area contributed by atoms with Crippen LogP contribution in [0.4, 0.5) is 5.82 Å². The van der Waals surface area contributed by atoms with Gasteiger partial charge in [-0.1, -0.05) is 69.3 Å². The summed E-state index contributed by atoms with van der Waals surface area (Å²) in [5.41, 5.74) is 3.02. The van der Waals surface area contributed by atoms with Gasteiger partial charge in [-0.3, -0.25) is 9.89 Å². The minimum absolute atomic E-state index is 0.00292. The van der Waals surface area contributed by atoms with E-state index in [1.165, 1.54) is 4.31 Å². The second-order valence-electron chi connectivity index (χ2n) is 9.56. The maximum absolute atomic E-state index is 13.5. The Kier molecular flexibility index (Phi) is 5.30. The minimum atomic E-state index is -3.75. The molecule has 8 heteroatoms. The number of rotatable bonds is 4. The van der Waals surface area contributed by atoms with E-state index < -0.39 is 10.0 Å². The number of hydrogen-bond acceptors (Lipinski definition) is 4. The summed E-state index contributed by atoms with van der Waals surface area (Å²) < 4.78 is 28.4. The number of benzene rings is 3. The Morgan fingerprint density at radius 2 is 1.68 bits per heavy atom. The quantitative estimate of drug-likeness (QED) is 0.443. The number of amides is 1. The molecule has 1 amide bonds. The third-order valence-corrected chi connectivity index (χ3v) is 8.08. The molecule has 0 saturated carbocycles. The van der Waals surface area contributed by atoms with Crippen LogP contribution in [0, 0.1) is 0 Å². The molecule has 4 aromatic rings. The molecular formula is C26H26N4O3S. The predicted molar refractivity (Wildman–Crippen MR) is 132 cm³/mol. The molecule has 1 aromatic heterocycles. The molecular weight excluding hydrogens is 448 g/mol. The van der Waals surface area contributed by atoms with Crippen LogP contribution >= 0.6 is 0 Å². The van der Waals surface area contributed by atoms with Crippen molar-refractivity contribution < 1.29 is 13.2 Å². The zero-order chi connectivity index (χ0) is 24.1. The number of anilines is 1. The van der Waals surface area contributed by atoms with Crippen molar-refractivity contribution in [3.63, 3.8) is 0 Å².